The molecule has 0 saturated heterocycles. The second-order valence-corrected chi connectivity index (χ2v) is 6.42. The van der Waals surface area contributed by atoms with Crippen LogP contribution in [0.1, 0.15) is 30.1 Å². The SMILES string of the molecule is CCCCNc1ccccc1C(=O)OCC(=O)Nc1cccc2nsnc12. The highest BCUT2D eigenvalue weighted by Crippen LogP contribution is 2.21. The molecule has 0 fully saturated rings. The lowest BCUT2D eigenvalue weighted by atomic mass is 10.1. The van der Waals surface area contributed by atoms with Gasteiger partial charge in [-0.2, -0.15) is 8.75 Å². The quantitative estimate of drug-likeness (QED) is 0.454. The lowest BCUT2D eigenvalue weighted by molar-refractivity contribution is -0.119. The van der Waals surface area contributed by atoms with Crippen LogP contribution in [-0.2, 0) is 9.53 Å². The van der Waals surface area contributed by atoms with E-state index in [9.17, 15) is 9.59 Å². The largest absolute Gasteiger partial charge is 0.452 e. The van der Waals surface area contributed by atoms with Gasteiger partial charge in [-0.15, -0.1) is 0 Å². The number of amides is 1. The smallest absolute Gasteiger partial charge is 0.340 e. The fourth-order valence-electron chi connectivity index (χ4n) is 2.52. The highest BCUT2D eigenvalue weighted by atomic mass is 32.1. The zero-order valence-electron chi connectivity index (χ0n) is 14.9. The van der Waals surface area contributed by atoms with E-state index in [-0.39, 0.29) is 6.61 Å². The van der Waals surface area contributed by atoms with E-state index in [1.54, 1.807) is 24.3 Å². The summed E-state index contributed by atoms with van der Waals surface area (Å²) in [5.74, 6) is -0.974. The van der Waals surface area contributed by atoms with Gasteiger partial charge in [-0.05, 0) is 30.7 Å². The van der Waals surface area contributed by atoms with Crippen LogP contribution in [0.3, 0.4) is 0 Å². The van der Waals surface area contributed by atoms with E-state index in [1.165, 1.54) is 0 Å². The number of nitrogens with one attached hydrogen (secondary N) is 2. The molecule has 0 saturated carbocycles. The van der Waals surface area contributed by atoms with Gasteiger partial charge in [0.05, 0.1) is 23.0 Å². The van der Waals surface area contributed by atoms with Crippen molar-refractivity contribution in [3.05, 3.63) is 48.0 Å². The van der Waals surface area contributed by atoms with Gasteiger partial charge in [0, 0.05) is 12.2 Å². The summed E-state index contributed by atoms with van der Waals surface area (Å²) in [5, 5.41) is 5.93. The first-order valence-electron chi connectivity index (χ1n) is 8.70. The van der Waals surface area contributed by atoms with Gasteiger partial charge in [0.2, 0.25) is 0 Å². The number of anilines is 2. The third kappa shape index (κ3) is 4.79. The molecule has 1 amide bonds. The molecule has 27 heavy (non-hydrogen) atoms. The second kappa shape index (κ2) is 9.09. The molecule has 0 aliphatic carbocycles. The maximum absolute atomic E-state index is 12.4. The monoisotopic (exact) mass is 384 g/mol. The lowest BCUT2D eigenvalue weighted by Gasteiger charge is -2.11. The molecule has 7 nitrogen and oxygen atoms in total. The number of rotatable bonds is 8. The Kier molecular flexibility index (Phi) is 6.32. The fourth-order valence-corrected chi connectivity index (χ4v) is 3.07. The van der Waals surface area contributed by atoms with Crippen LogP contribution in [0.2, 0.25) is 0 Å². The summed E-state index contributed by atoms with van der Waals surface area (Å²) >= 11 is 1.08. The molecule has 0 aliphatic heterocycles. The number of fused-ring (bicyclic) bond motifs is 1. The summed E-state index contributed by atoms with van der Waals surface area (Å²) in [5.41, 5.74) is 2.99. The summed E-state index contributed by atoms with van der Waals surface area (Å²) < 4.78 is 13.5. The van der Waals surface area contributed by atoms with E-state index >= 15 is 0 Å². The van der Waals surface area contributed by atoms with Gasteiger partial charge in [-0.25, -0.2) is 4.79 Å². The van der Waals surface area contributed by atoms with Crippen LogP contribution in [-0.4, -0.2) is 33.8 Å². The number of unbranched alkanes of at least 4 members (excludes halogenated alkanes) is 1. The minimum Gasteiger partial charge on any atom is -0.452 e. The van der Waals surface area contributed by atoms with Gasteiger partial charge >= 0.3 is 5.97 Å². The molecule has 1 heterocycles. The van der Waals surface area contributed by atoms with Crippen LogP contribution >= 0.6 is 11.7 Å². The molecule has 1 aromatic heterocycles. The van der Waals surface area contributed by atoms with Crippen molar-refractivity contribution >= 4 is 46.0 Å². The Morgan fingerprint density at radius 1 is 1.07 bits per heavy atom. The van der Waals surface area contributed by atoms with Gasteiger partial charge in [0.15, 0.2) is 6.61 Å². The van der Waals surface area contributed by atoms with Crippen molar-refractivity contribution in [1.29, 1.82) is 0 Å². The van der Waals surface area contributed by atoms with Crippen LogP contribution in [0, 0.1) is 0 Å². The maximum Gasteiger partial charge on any atom is 0.340 e. The van der Waals surface area contributed by atoms with E-state index < -0.39 is 11.9 Å². The predicted octanol–water partition coefficient (Wildman–Crippen LogP) is 3.70. The Balaban J connectivity index is 1.59. The number of carbonyl (C=O) groups is 2. The first-order valence-corrected chi connectivity index (χ1v) is 9.43. The van der Waals surface area contributed by atoms with E-state index in [0.717, 1.165) is 31.1 Å². The van der Waals surface area contributed by atoms with Crippen molar-refractivity contribution in [2.45, 2.75) is 19.8 Å². The highest BCUT2D eigenvalue weighted by Gasteiger charge is 2.15. The van der Waals surface area contributed by atoms with Gasteiger partial charge in [0.1, 0.15) is 11.0 Å². The number of para-hydroxylation sites is 1. The third-order valence-electron chi connectivity index (χ3n) is 3.89. The molecule has 0 radical (unpaired) electrons. The van der Waals surface area contributed by atoms with Gasteiger partial charge in [0.25, 0.3) is 5.91 Å². The standard InChI is InChI=1S/C19H20N4O3S/c1-2-3-11-20-14-8-5-4-7-13(14)19(25)26-12-17(24)21-15-9-6-10-16-18(15)23-27-22-16/h4-10,20H,2-3,11-12H2,1H3,(H,21,24). The van der Waals surface area contributed by atoms with Crippen LogP contribution in [0.4, 0.5) is 11.4 Å². The van der Waals surface area contributed by atoms with E-state index in [4.69, 9.17) is 4.74 Å². The first-order chi connectivity index (χ1) is 13.2. The normalized spacial score (nSPS) is 10.6. The molecule has 0 bridgehead atoms. The number of hydrogen-bond acceptors (Lipinski definition) is 7. The number of benzene rings is 2. The zero-order chi connectivity index (χ0) is 19.1. The van der Waals surface area contributed by atoms with Crippen LogP contribution in [0.25, 0.3) is 11.0 Å². The van der Waals surface area contributed by atoms with Crippen molar-refractivity contribution in [3.63, 3.8) is 0 Å². The summed E-state index contributed by atoms with van der Waals surface area (Å²) in [4.78, 5) is 24.5. The first kappa shape index (κ1) is 18.8. The number of esters is 1. The van der Waals surface area contributed by atoms with Gasteiger partial charge < -0.3 is 15.4 Å². The highest BCUT2D eigenvalue weighted by molar-refractivity contribution is 7.00. The van der Waals surface area contributed by atoms with Crippen molar-refractivity contribution in [2.75, 3.05) is 23.8 Å². The Labute approximate surface area is 161 Å². The molecule has 0 aliphatic rings. The molecule has 0 unspecified atom stereocenters. The number of carbonyl (C=O) groups excluding carboxylic acids is 2. The van der Waals surface area contributed by atoms with Gasteiger partial charge in [-0.1, -0.05) is 31.5 Å². The predicted molar refractivity (Wildman–Crippen MR) is 106 cm³/mol. The third-order valence-corrected chi connectivity index (χ3v) is 4.43. The summed E-state index contributed by atoms with van der Waals surface area (Å²) in [6.45, 7) is 2.49. The second-order valence-electron chi connectivity index (χ2n) is 5.89. The molecular formula is C19H20N4O3S. The maximum atomic E-state index is 12.4. The molecule has 3 rings (SSSR count). The molecule has 0 spiro atoms. The average molecular weight is 384 g/mol. The van der Waals surface area contributed by atoms with Crippen molar-refractivity contribution < 1.29 is 14.3 Å². The van der Waals surface area contributed by atoms with E-state index in [2.05, 4.69) is 26.3 Å². The van der Waals surface area contributed by atoms with Gasteiger partial charge in [-0.3, -0.25) is 4.79 Å². The summed E-state index contributed by atoms with van der Waals surface area (Å²) in [6.07, 6.45) is 2.06. The number of hydrogen-bond donors (Lipinski definition) is 2. The number of nitrogens with zero attached hydrogens (tertiary/aromatic N) is 2. The topological polar surface area (TPSA) is 93.2 Å². The van der Waals surface area contributed by atoms with Crippen molar-refractivity contribution in [1.82, 2.24) is 8.75 Å². The Hall–Kier alpha value is -3.00. The molecule has 8 heteroatoms. The Morgan fingerprint density at radius 3 is 2.74 bits per heavy atom. The molecule has 2 aromatic carbocycles. The molecule has 0 atom stereocenters. The van der Waals surface area contributed by atoms with Crippen molar-refractivity contribution in [3.8, 4) is 0 Å². The number of ether oxygens (including phenoxy) is 1. The number of aromatic nitrogens is 2. The molecule has 3 aromatic rings. The van der Waals surface area contributed by atoms with Crippen LogP contribution in [0.15, 0.2) is 42.5 Å². The summed E-state index contributed by atoms with van der Waals surface area (Å²) in [7, 11) is 0. The molecule has 2 N–H and O–H groups in total. The fraction of sp³-hybridized carbons (Fsp3) is 0.263. The van der Waals surface area contributed by atoms with E-state index in [0.29, 0.717) is 28.0 Å². The van der Waals surface area contributed by atoms with E-state index in [1.807, 2.05) is 18.2 Å². The van der Waals surface area contributed by atoms with Crippen molar-refractivity contribution in [2.24, 2.45) is 0 Å². The Bertz CT molecular complexity index is 941. The zero-order valence-corrected chi connectivity index (χ0v) is 15.7. The van der Waals surface area contributed by atoms with Crippen LogP contribution in [0.5, 0.6) is 0 Å². The lowest BCUT2D eigenvalue weighted by Crippen LogP contribution is -2.21. The summed E-state index contributed by atoms with van der Waals surface area (Å²) in [6, 6.07) is 12.4. The minimum atomic E-state index is -0.543. The molecule has 140 valence electrons. The van der Waals surface area contributed by atoms with Crippen LogP contribution < -0.4 is 10.6 Å². The Morgan fingerprint density at radius 2 is 1.89 bits per heavy atom. The average Bonchev–Trinajstić information content (AvgIpc) is 3.17. The minimum absolute atomic E-state index is 0.379. The molecular weight excluding hydrogens is 364 g/mol.